The lowest BCUT2D eigenvalue weighted by atomic mass is 10.2. The fourth-order valence-corrected chi connectivity index (χ4v) is 3.26. The minimum atomic E-state index is 0.614. The average molecular weight is 493 g/mol. The molecule has 0 aliphatic rings. The SMILES string of the molecule is CC(C)N(CCN)C(C)C.CCN(CC)CCCCN.CCN(CC)CCN.CN(C)CCN. The van der Waals surface area contributed by atoms with Crippen molar-refractivity contribution in [2.75, 3.05) is 92.6 Å². The van der Waals surface area contributed by atoms with Crippen molar-refractivity contribution in [2.24, 2.45) is 22.9 Å². The Bertz CT molecular complexity index is 325. The summed E-state index contributed by atoms with van der Waals surface area (Å²) in [5, 5.41) is 0. The van der Waals surface area contributed by atoms with Crippen LogP contribution >= 0.6 is 0 Å². The largest absolute Gasteiger partial charge is 0.330 e. The van der Waals surface area contributed by atoms with Gasteiger partial charge in [0.1, 0.15) is 0 Å². The lowest BCUT2D eigenvalue weighted by Gasteiger charge is -2.29. The van der Waals surface area contributed by atoms with Crippen molar-refractivity contribution in [3.63, 3.8) is 0 Å². The average Bonchev–Trinajstić information content (AvgIpc) is 2.79. The molecule has 8 N–H and O–H groups in total. The number of nitrogens with zero attached hydrogens (tertiary/aromatic N) is 4. The quantitative estimate of drug-likeness (QED) is 0.241. The highest BCUT2D eigenvalue weighted by molar-refractivity contribution is 4.66. The highest BCUT2D eigenvalue weighted by atomic mass is 15.2. The Labute approximate surface area is 215 Å². The number of unbranched alkanes of at least 4 members (excludes halogenated alkanes) is 1. The minimum Gasteiger partial charge on any atom is -0.330 e. The van der Waals surface area contributed by atoms with Gasteiger partial charge in [-0.2, -0.15) is 0 Å². The normalized spacial score (nSPS) is 10.9. The second kappa shape index (κ2) is 32.7. The van der Waals surface area contributed by atoms with Crippen LogP contribution in [-0.2, 0) is 0 Å². The molecule has 0 aliphatic heterocycles. The van der Waals surface area contributed by atoms with E-state index in [1.807, 2.05) is 14.1 Å². The lowest BCUT2D eigenvalue weighted by molar-refractivity contribution is 0.180. The summed E-state index contributed by atoms with van der Waals surface area (Å²) < 4.78 is 0. The molecule has 34 heavy (non-hydrogen) atoms. The van der Waals surface area contributed by atoms with E-state index >= 15 is 0 Å². The minimum absolute atomic E-state index is 0.614. The molecule has 0 spiro atoms. The van der Waals surface area contributed by atoms with Gasteiger partial charge in [0.2, 0.25) is 0 Å². The third-order valence-corrected chi connectivity index (χ3v) is 5.45. The predicted molar refractivity (Wildman–Crippen MR) is 157 cm³/mol. The molecule has 0 bridgehead atoms. The topological polar surface area (TPSA) is 117 Å². The van der Waals surface area contributed by atoms with Crippen LogP contribution in [0.3, 0.4) is 0 Å². The van der Waals surface area contributed by atoms with Gasteiger partial charge in [-0.05, 0) is 93.9 Å². The van der Waals surface area contributed by atoms with Crippen LogP contribution in [0.5, 0.6) is 0 Å². The first kappa shape index (κ1) is 40.8. The van der Waals surface area contributed by atoms with Gasteiger partial charge in [-0.1, -0.05) is 27.7 Å². The fraction of sp³-hybridized carbons (Fsp3) is 1.00. The molecule has 0 aromatic rings. The van der Waals surface area contributed by atoms with Gasteiger partial charge >= 0.3 is 0 Å². The number of nitrogens with two attached hydrogens (primary N) is 4. The van der Waals surface area contributed by atoms with Crippen LogP contribution in [0.1, 0.15) is 68.2 Å². The van der Waals surface area contributed by atoms with Crippen LogP contribution < -0.4 is 22.9 Å². The Morgan fingerprint density at radius 1 is 0.500 bits per heavy atom. The molecule has 0 rings (SSSR count). The van der Waals surface area contributed by atoms with Crippen molar-refractivity contribution in [2.45, 2.75) is 80.3 Å². The molecule has 0 fully saturated rings. The maximum Gasteiger partial charge on any atom is 0.0110 e. The first-order valence-electron chi connectivity index (χ1n) is 13.7. The van der Waals surface area contributed by atoms with Crippen LogP contribution in [0.25, 0.3) is 0 Å². The van der Waals surface area contributed by atoms with E-state index < -0.39 is 0 Å². The summed E-state index contributed by atoms with van der Waals surface area (Å²) >= 11 is 0. The van der Waals surface area contributed by atoms with Gasteiger partial charge in [0.15, 0.2) is 0 Å². The van der Waals surface area contributed by atoms with Gasteiger partial charge in [-0.3, -0.25) is 4.90 Å². The number of hydrogen-bond donors (Lipinski definition) is 4. The van der Waals surface area contributed by atoms with Crippen molar-refractivity contribution in [3.05, 3.63) is 0 Å². The van der Waals surface area contributed by atoms with E-state index in [2.05, 4.69) is 75.0 Å². The molecule has 8 heteroatoms. The van der Waals surface area contributed by atoms with E-state index in [1.165, 1.54) is 26.1 Å². The Kier molecular flexibility index (Phi) is 39.2. The van der Waals surface area contributed by atoms with Crippen molar-refractivity contribution in [3.8, 4) is 0 Å². The molecule has 0 heterocycles. The van der Waals surface area contributed by atoms with Crippen LogP contribution in [0.4, 0.5) is 0 Å². The van der Waals surface area contributed by atoms with E-state index in [-0.39, 0.29) is 0 Å². The molecule has 8 nitrogen and oxygen atoms in total. The van der Waals surface area contributed by atoms with E-state index in [0.717, 1.165) is 65.3 Å². The molecule has 0 aromatic carbocycles. The van der Waals surface area contributed by atoms with Crippen LogP contribution in [0.2, 0.25) is 0 Å². The Hall–Kier alpha value is -0.320. The highest BCUT2D eigenvalue weighted by Gasteiger charge is 2.10. The van der Waals surface area contributed by atoms with E-state index in [9.17, 15) is 0 Å². The molecule has 212 valence electrons. The van der Waals surface area contributed by atoms with E-state index in [4.69, 9.17) is 22.9 Å². The third kappa shape index (κ3) is 33.9. The van der Waals surface area contributed by atoms with Gasteiger partial charge in [0.05, 0.1) is 0 Å². The van der Waals surface area contributed by atoms with Crippen molar-refractivity contribution in [1.29, 1.82) is 0 Å². The summed E-state index contributed by atoms with van der Waals surface area (Å²) in [6.45, 7) is 29.5. The summed E-state index contributed by atoms with van der Waals surface area (Å²) in [6, 6.07) is 1.23. The summed E-state index contributed by atoms with van der Waals surface area (Å²) in [5.74, 6) is 0. The maximum absolute atomic E-state index is 5.46. The monoisotopic (exact) mass is 493 g/mol. The third-order valence-electron chi connectivity index (χ3n) is 5.45. The molecular weight excluding hydrogens is 424 g/mol. The van der Waals surface area contributed by atoms with Gasteiger partial charge in [0, 0.05) is 51.4 Å². The molecule has 0 saturated heterocycles. The van der Waals surface area contributed by atoms with Gasteiger partial charge in [0.25, 0.3) is 0 Å². The lowest BCUT2D eigenvalue weighted by Crippen LogP contribution is -2.40. The zero-order valence-electron chi connectivity index (χ0n) is 25.2. The molecule has 0 amide bonds. The molecule has 0 unspecified atom stereocenters. The summed E-state index contributed by atoms with van der Waals surface area (Å²) in [6.07, 6.45) is 2.41. The number of rotatable bonds is 16. The highest BCUT2D eigenvalue weighted by Crippen LogP contribution is 2.02. The fourth-order valence-electron chi connectivity index (χ4n) is 3.26. The summed E-state index contributed by atoms with van der Waals surface area (Å²) in [4.78, 5) is 9.18. The Morgan fingerprint density at radius 3 is 1.06 bits per heavy atom. The predicted octanol–water partition coefficient (Wildman–Crippen LogP) is 1.92. The molecule has 0 saturated carbocycles. The molecule has 0 atom stereocenters. The second-order valence-electron chi connectivity index (χ2n) is 9.14. The van der Waals surface area contributed by atoms with Crippen LogP contribution in [0, 0.1) is 0 Å². The van der Waals surface area contributed by atoms with Crippen molar-refractivity contribution in [1.82, 2.24) is 19.6 Å². The van der Waals surface area contributed by atoms with E-state index in [1.54, 1.807) is 0 Å². The van der Waals surface area contributed by atoms with Crippen LogP contribution in [-0.4, -0.2) is 124 Å². The van der Waals surface area contributed by atoms with Crippen LogP contribution in [0.15, 0.2) is 0 Å². The van der Waals surface area contributed by atoms with Gasteiger partial charge in [-0.25, -0.2) is 0 Å². The number of likely N-dealkylation sites (N-methyl/N-ethyl adjacent to an activating group) is 2. The number of hydrogen-bond acceptors (Lipinski definition) is 8. The first-order chi connectivity index (χ1) is 16.1. The van der Waals surface area contributed by atoms with Crippen molar-refractivity contribution < 1.29 is 0 Å². The van der Waals surface area contributed by atoms with Gasteiger partial charge in [-0.15, -0.1) is 0 Å². The first-order valence-corrected chi connectivity index (χ1v) is 13.7. The molecular formula is C26H68N8. The Morgan fingerprint density at radius 2 is 0.882 bits per heavy atom. The second-order valence-corrected chi connectivity index (χ2v) is 9.14. The summed E-state index contributed by atoms with van der Waals surface area (Å²) in [7, 11) is 4.01. The molecule has 0 aliphatic carbocycles. The standard InChI is InChI=1S/2C8H20N2.C6H16N2.C4H12N2/c1-7(2)10(6-5-9)8(3)4;1-3-10(4-2)8-6-5-7-9;1-3-8(4-2)6-5-7;1-6(2)4-3-5/h7-8H,5-6,9H2,1-4H3;3-9H2,1-2H3;3-7H2,1-2H3;3-5H2,1-2H3. The summed E-state index contributed by atoms with van der Waals surface area (Å²) in [5.41, 5.74) is 21.4. The maximum atomic E-state index is 5.46. The Balaban J connectivity index is -0.000000180. The van der Waals surface area contributed by atoms with E-state index in [0.29, 0.717) is 12.1 Å². The van der Waals surface area contributed by atoms with Gasteiger partial charge < -0.3 is 37.6 Å². The molecule has 0 radical (unpaired) electrons. The molecule has 0 aromatic heterocycles. The zero-order valence-corrected chi connectivity index (χ0v) is 25.2. The zero-order chi connectivity index (χ0) is 27.4. The van der Waals surface area contributed by atoms with Crippen molar-refractivity contribution >= 4 is 0 Å². The smallest absolute Gasteiger partial charge is 0.0110 e.